The van der Waals surface area contributed by atoms with E-state index in [0.29, 0.717) is 0 Å². The van der Waals surface area contributed by atoms with Gasteiger partial charge in [0.15, 0.2) is 0 Å². The zero-order valence-corrected chi connectivity index (χ0v) is 11.0. The molecule has 1 saturated heterocycles. The van der Waals surface area contributed by atoms with Gasteiger partial charge in [-0.1, -0.05) is 0 Å². The number of hydrogen-bond acceptors (Lipinski definition) is 7. The molecule has 1 fully saturated rings. The second-order valence-corrected chi connectivity index (χ2v) is 4.39. The molecule has 0 aromatic carbocycles. The highest BCUT2D eigenvalue weighted by Gasteiger charge is 2.67. The van der Waals surface area contributed by atoms with E-state index in [1.165, 1.54) is 0 Å². The van der Waals surface area contributed by atoms with Crippen LogP contribution in [0.1, 0.15) is 0 Å². The summed E-state index contributed by atoms with van der Waals surface area (Å²) in [6, 6.07) is 0. The maximum absolute atomic E-state index is 7.68. The lowest BCUT2D eigenvalue weighted by molar-refractivity contribution is -0.163. The Kier molecular flexibility index (Phi) is 3.88. The second kappa shape index (κ2) is 4.99. The Morgan fingerprint density at radius 1 is 0.762 bits per heavy atom. The van der Waals surface area contributed by atoms with E-state index in [4.69, 9.17) is 65.2 Å². The van der Waals surface area contributed by atoms with E-state index in [2.05, 4.69) is 0 Å². The van der Waals surface area contributed by atoms with E-state index in [1.54, 1.807) is 0 Å². The van der Waals surface area contributed by atoms with Gasteiger partial charge in [-0.3, -0.25) is 27.0 Å². The van der Waals surface area contributed by atoms with Gasteiger partial charge < -0.3 is 38.1 Å². The van der Waals surface area contributed by atoms with Crippen molar-refractivity contribution >= 4 is 29.2 Å². The lowest BCUT2D eigenvalue weighted by Crippen LogP contribution is -2.81. The normalized spacial score (nSPS) is 32.1. The Morgan fingerprint density at radius 3 is 1.43 bits per heavy atom. The van der Waals surface area contributed by atoms with Gasteiger partial charge in [0.05, 0.1) is 6.61 Å². The molecule has 15 N–H and O–H groups in total. The van der Waals surface area contributed by atoms with Crippen molar-refractivity contribution in [2.24, 2.45) is 28.7 Å². The lowest BCUT2D eigenvalue weighted by atomic mass is 9.76. The van der Waals surface area contributed by atoms with Crippen LogP contribution in [-0.4, -0.2) is 53.1 Å². The lowest BCUT2D eigenvalue weighted by Gasteiger charge is -2.51. The van der Waals surface area contributed by atoms with Crippen molar-refractivity contribution in [2.75, 3.05) is 6.61 Å². The second-order valence-electron chi connectivity index (χ2n) is 4.39. The van der Waals surface area contributed by atoms with Crippen LogP contribution < -0.4 is 28.7 Å². The highest BCUT2D eigenvalue weighted by Crippen LogP contribution is 2.36. The topological polar surface area (TPSA) is 268 Å². The van der Waals surface area contributed by atoms with E-state index in [1.807, 2.05) is 0 Å². The van der Waals surface area contributed by atoms with Crippen LogP contribution in [0.15, 0.2) is 0 Å². The molecule has 0 amide bonds. The molecule has 1 heterocycles. The average Bonchev–Trinajstić information content (AvgIpc) is 2.36. The van der Waals surface area contributed by atoms with Crippen LogP contribution in [0.4, 0.5) is 0 Å². The fourth-order valence-electron chi connectivity index (χ4n) is 2.12. The Balaban J connectivity index is 3.66. The van der Waals surface area contributed by atoms with Crippen LogP contribution >= 0.6 is 0 Å². The van der Waals surface area contributed by atoms with E-state index in [-0.39, 0.29) is 6.61 Å². The number of rotatable bonds is 5. The van der Waals surface area contributed by atoms with Gasteiger partial charge in [-0.15, -0.1) is 0 Å². The van der Waals surface area contributed by atoms with Crippen LogP contribution in [0.2, 0.25) is 0 Å². The molecule has 1 aliphatic heterocycles. The summed E-state index contributed by atoms with van der Waals surface area (Å²) in [6.45, 7) is -0.378. The van der Waals surface area contributed by atoms with Crippen molar-refractivity contribution in [3.8, 4) is 0 Å². The molecule has 0 aromatic rings. The van der Waals surface area contributed by atoms with Crippen molar-refractivity contribution in [3.63, 3.8) is 0 Å². The minimum Gasteiger partial charge on any atom is -0.385 e. The Hall–Kier alpha value is -2.73. The smallest absolute Gasteiger partial charge is 0.225 e. The molecule has 116 valence electrons. The summed E-state index contributed by atoms with van der Waals surface area (Å²) < 4.78 is 10.7. The molecular formula is C9H18N10O2. The molecule has 21 heavy (non-hydrogen) atoms. The number of nitrogens with two attached hydrogens (primary N) is 5. The van der Waals surface area contributed by atoms with Gasteiger partial charge in [-0.05, 0) is 0 Å². The van der Waals surface area contributed by atoms with Crippen LogP contribution in [-0.2, 0) is 9.47 Å². The molecule has 0 bridgehead atoms. The summed E-state index contributed by atoms with van der Waals surface area (Å²) in [5.74, 6) is -3.81. The molecule has 1 rings (SSSR count). The molecule has 0 saturated carbocycles. The van der Waals surface area contributed by atoms with Crippen LogP contribution in [0.5, 0.6) is 0 Å². The van der Waals surface area contributed by atoms with Crippen LogP contribution in [0.25, 0.3) is 0 Å². The molecule has 12 nitrogen and oxygen atoms in total. The molecule has 0 aliphatic carbocycles. The standard InChI is InChI=1S/C9H18N10O2/c10-3(11)2-1-20-8(4(12)13,5(14)15)9(21-2,6(16)17)7(18)19/h2H,1H2,(H3,10,11)(H3,12,13)(H3,14,15)(H3,16,17)(H3,18,19). The molecule has 1 unspecified atom stereocenters. The minimum atomic E-state index is -2.43. The maximum atomic E-state index is 7.68. The number of nitrogens with one attached hydrogen (secondary N) is 5. The first kappa shape index (κ1) is 16.3. The largest absolute Gasteiger partial charge is 0.385 e. The predicted molar refractivity (Wildman–Crippen MR) is 75.9 cm³/mol. The highest BCUT2D eigenvalue weighted by molar-refractivity contribution is 6.25. The minimum absolute atomic E-state index is 0.378. The fourth-order valence-corrected chi connectivity index (χ4v) is 2.12. The third-order valence-corrected chi connectivity index (χ3v) is 3.13. The summed E-state index contributed by atoms with van der Waals surface area (Å²) in [5.41, 5.74) is 22.3. The predicted octanol–water partition coefficient (Wildman–Crippen LogP) is -3.44. The Morgan fingerprint density at radius 2 is 1.14 bits per heavy atom. The molecule has 0 aromatic heterocycles. The number of ether oxygens (including phenoxy) is 2. The first-order valence-corrected chi connectivity index (χ1v) is 5.57. The van der Waals surface area contributed by atoms with Gasteiger partial charge in [-0.2, -0.15) is 0 Å². The van der Waals surface area contributed by atoms with Gasteiger partial charge in [0.2, 0.25) is 11.2 Å². The SMILES string of the molecule is N=C(N)C1COC(C(=N)N)(C(=N)N)C(C(=N)N)(C(=N)N)O1. The third-order valence-electron chi connectivity index (χ3n) is 3.13. The monoisotopic (exact) mass is 298 g/mol. The van der Waals surface area contributed by atoms with Gasteiger partial charge in [0.25, 0.3) is 0 Å². The molecule has 1 atom stereocenters. The Bertz CT molecular complexity index is 513. The quantitative estimate of drug-likeness (QED) is 0.181. The average molecular weight is 298 g/mol. The first-order chi connectivity index (χ1) is 9.54. The highest BCUT2D eigenvalue weighted by atomic mass is 16.6. The zero-order valence-electron chi connectivity index (χ0n) is 11.0. The molecule has 1 aliphatic rings. The van der Waals surface area contributed by atoms with Gasteiger partial charge in [-0.25, -0.2) is 0 Å². The first-order valence-electron chi connectivity index (χ1n) is 5.57. The molecule has 12 heteroatoms. The number of hydrogen-bond donors (Lipinski definition) is 10. The summed E-state index contributed by atoms with van der Waals surface area (Å²) in [4.78, 5) is 0. The van der Waals surface area contributed by atoms with E-state index in [0.717, 1.165) is 0 Å². The van der Waals surface area contributed by atoms with Gasteiger partial charge in [0, 0.05) is 0 Å². The van der Waals surface area contributed by atoms with Crippen molar-refractivity contribution in [3.05, 3.63) is 0 Å². The maximum Gasteiger partial charge on any atom is 0.225 e. The summed E-state index contributed by atoms with van der Waals surface area (Å²) in [7, 11) is 0. The van der Waals surface area contributed by atoms with Crippen molar-refractivity contribution < 1.29 is 9.47 Å². The van der Waals surface area contributed by atoms with Gasteiger partial charge in [0.1, 0.15) is 35.3 Å². The van der Waals surface area contributed by atoms with E-state index >= 15 is 0 Å². The van der Waals surface area contributed by atoms with Crippen molar-refractivity contribution in [2.45, 2.75) is 17.3 Å². The van der Waals surface area contributed by atoms with E-state index in [9.17, 15) is 0 Å². The fraction of sp³-hybridized carbons (Fsp3) is 0.444. The molecule has 0 spiro atoms. The van der Waals surface area contributed by atoms with Crippen LogP contribution in [0.3, 0.4) is 0 Å². The molecular weight excluding hydrogens is 280 g/mol. The molecule has 0 radical (unpaired) electrons. The van der Waals surface area contributed by atoms with Gasteiger partial charge >= 0.3 is 0 Å². The van der Waals surface area contributed by atoms with Crippen LogP contribution in [0, 0.1) is 27.0 Å². The zero-order chi connectivity index (χ0) is 16.6. The van der Waals surface area contributed by atoms with Crippen molar-refractivity contribution in [1.29, 1.82) is 27.0 Å². The third kappa shape index (κ3) is 1.96. The summed E-state index contributed by atoms with van der Waals surface area (Å²) >= 11 is 0. The number of amidine groups is 5. The summed E-state index contributed by atoms with van der Waals surface area (Å²) in [6.07, 6.45) is -1.19. The Labute approximate surface area is 119 Å². The summed E-state index contributed by atoms with van der Waals surface area (Å²) in [5, 5.41) is 38.0. The van der Waals surface area contributed by atoms with Crippen molar-refractivity contribution in [1.82, 2.24) is 0 Å². The van der Waals surface area contributed by atoms with E-state index < -0.39 is 46.5 Å².